The zero-order chi connectivity index (χ0) is 19.1. The lowest BCUT2D eigenvalue weighted by atomic mass is 9.99. The summed E-state index contributed by atoms with van der Waals surface area (Å²) >= 11 is 3.49. The summed E-state index contributed by atoms with van der Waals surface area (Å²) in [5.41, 5.74) is 4.19. The van der Waals surface area contributed by atoms with E-state index in [1.165, 1.54) is 12.7 Å². The second-order valence-corrected chi connectivity index (χ2v) is 6.49. The molecule has 0 N–H and O–H groups in total. The van der Waals surface area contributed by atoms with Gasteiger partial charge in [-0.05, 0) is 47.7 Å². The molecule has 2 aromatic rings. The van der Waals surface area contributed by atoms with Gasteiger partial charge in [-0.25, -0.2) is 4.79 Å². The van der Waals surface area contributed by atoms with Crippen molar-refractivity contribution in [1.29, 1.82) is 0 Å². The van der Waals surface area contributed by atoms with Crippen LogP contribution in [0.5, 0.6) is 11.5 Å². The molecule has 0 aliphatic rings. The average Bonchev–Trinajstić information content (AvgIpc) is 2.66. The molecule has 0 saturated heterocycles. The predicted molar refractivity (Wildman–Crippen MR) is 107 cm³/mol. The van der Waals surface area contributed by atoms with Crippen LogP contribution in [0.1, 0.15) is 36.1 Å². The van der Waals surface area contributed by atoms with E-state index < -0.39 is 6.16 Å². The van der Waals surface area contributed by atoms with Gasteiger partial charge < -0.3 is 14.2 Å². The maximum Gasteiger partial charge on any atom is 0.513 e. The highest BCUT2D eigenvalue weighted by molar-refractivity contribution is 9.10. The molecule has 0 atom stereocenters. The third-order valence-corrected chi connectivity index (χ3v) is 4.85. The first-order valence-electron chi connectivity index (χ1n) is 8.48. The van der Waals surface area contributed by atoms with Crippen LogP contribution in [0.4, 0.5) is 4.79 Å². The highest BCUT2D eigenvalue weighted by Crippen LogP contribution is 2.31. The lowest BCUT2D eigenvalue weighted by Gasteiger charge is -2.16. The van der Waals surface area contributed by atoms with Crippen molar-refractivity contribution in [2.45, 2.75) is 33.3 Å². The minimum Gasteiger partial charge on any atom is -0.488 e. The fourth-order valence-electron chi connectivity index (χ4n) is 2.65. The van der Waals surface area contributed by atoms with Gasteiger partial charge in [0.15, 0.2) is 0 Å². The quantitative estimate of drug-likeness (QED) is 0.412. The Bertz CT molecular complexity index is 799. The van der Waals surface area contributed by atoms with Crippen LogP contribution < -0.4 is 9.47 Å². The van der Waals surface area contributed by atoms with Gasteiger partial charge in [0.1, 0.15) is 18.1 Å². The van der Waals surface area contributed by atoms with Gasteiger partial charge in [0.05, 0.1) is 7.11 Å². The highest BCUT2D eigenvalue weighted by Gasteiger charge is 2.14. The minimum atomic E-state index is -0.764. The second-order valence-electron chi connectivity index (χ2n) is 5.63. The molecule has 0 aliphatic heterocycles. The van der Waals surface area contributed by atoms with Gasteiger partial charge in [0.25, 0.3) is 0 Å². The zero-order valence-corrected chi connectivity index (χ0v) is 16.9. The highest BCUT2D eigenvalue weighted by atomic mass is 79.9. The molecule has 0 bridgehead atoms. The normalized spacial score (nSPS) is 10.3. The van der Waals surface area contributed by atoms with Crippen molar-refractivity contribution in [2.75, 3.05) is 7.11 Å². The first kappa shape index (κ1) is 20.0. The molecule has 138 valence electrons. The van der Waals surface area contributed by atoms with Crippen molar-refractivity contribution in [1.82, 2.24) is 0 Å². The summed E-state index contributed by atoms with van der Waals surface area (Å²) in [6, 6.07) is 9.55. The summed E-state index contributed by atoms with van der Waals surface area (Å²) in [6.45, 7) is 8.36. The molecule has 0 fully saturated rings. The number of ether oxygens (including phenoxy) is 3. The molecule has 0 aromatic heterocycles. The van der Waals surface area contributed by atoms with Gasteiger partial charge in [0, 0.05) is 10.0 Å². The van der Waals surface area contributed by atoms with Gasteiger partial charge >= 0.3 is 6.16 Å². The Kier molecular flexibility index (Phi) is 7.27. The Labute approximate surface area is 162 Å². The van der Waals surface area contributed by atoms with Crippen LogP contribution in [-0.4, -0.2) is 13.3 Å². The van der Waals surface area contributed by atoms with Crippen LogP contribution in [0.25, 0.3) is 6.08 Å². The number of benzene rings is 2. The first-order chi connectivity index (χ1) is 12.5. The third-order valence-electron chi connectivity index (χ3n) is 4.11. The van der Waals surface area contributed by atoms with Crippen molar-refractivity contribution >= 4 is 28.2 Å². The number of carbonyl (C=O) groups is 1. The van der Waals surface area contributed by atoms with E-state index in [1.807, 2.05) is 18.2 Å². The molecule has 0 spiro atoms. The smallest absolute Gasteiger partial charge is 0.488 e. The maximum absolute atomic E-state index is 11.5. The molecule has 2 aromatic carbocycles. The van der Waals surface area contributed by atoms with Gasteiger partial charge in [-0.15, -0.1) is 0 Å². The Morgan fingerprint density at radius 1 is 1.15 bits per heavy atom. The van der Waals surface area contributed by atoms with Gasteiger partial charge in [-0.1, -0.05) is 54.6 Å². The molecule has 0 aliphatic carbocycles. The van der Waals surface area contributed by atoms with Crippen molar-refractivity contribution in [3.05, 3.63) is 63.6 Å². The van der Waals surface area contributed by atoms with Gasteiger partial charge in [-0.2, -0.15) is 0 Å². The number of halogens is 1. The Morgan fingerprint density at radius 2 is 1.88 bits per heavy atom. The van der Waals surface area contributed by atoms with E-state index >= 15 is 0 Å². The van der Waals surface area contributed by atoms with Crippen LogP contribution in [0.2, 0.25) is 0 Å². The monoisotopic (exact) mass is 418 g/mol. The number of hydrogen-bond donors (Lipinski definition) is 0. The fraction of sp³-hybridized carbons (Fsp3) is 0.286. The van der Waals surface area contributed by atoms with E-state index in [1.54, 1.807) is 12.1 Å². The number of methoxy groups -OCH3 is 1. The maximum atomic E-state index is 11.5. The molecule has 5 heteroatoms. The van der Waals surface area contributed by atoms with Crippen molar-refractivity contribution < 1.29 is 19.0 Å². The largest absolute Gasteiger partial charge is 0.513 e. The van der Waals surface area contributed by atoms with Gasteiger partial charge in [-0.3, -0.25) is 0 Å². The van der Waals surface area contributed by atoms with Crippen LogP contribution >= 0.6 is 15.9 Å². The summed E-state index contributed by atoms with van der Waals surface area (Å²) in [5, 5.41) is 0. The van der Waals surface area contributed by atoms with E-state index in [0.717, 1.165) is 39.8 Å². The van der Waals surface area contributed by atoms with E-state index in [0.29, 0.717) is 5.75 Å². The Balaban J connectivity index is 2.31. The number of carbonyl (C=O) groups excluding carboxylic acids is 1. The lowest BCUT2D eigenvalue weighted by Crippen LogP contribution is -2.10. The summed E-state index contributed by atoms with van der Waals surface area (Å²) in [4.78, 5) is 11.5. The molecule has 0 amide bonds. The number of aryl methyl sites for hydroxylation is 2. The summed E-state index contributed by atoms with van der Waals surface area (Å²) < 4.78 is 16.7. The van der Waals surface area contributed by atoms with Gasteiger partial charge in [0.2, 0.25) is 0 Å². The fourth-order valence-corrected chi connectivity index (χ4v) is 3.12. The zero-order valence-electron chi connectivity index (χ0n) is 15.3. The molecule has 2 rings (SSSR count). The summed E-state index contributed by atoms with van der Waals surface area (Å²) in [6.07, 6.45) is 2.88. The van der Waals surface area contributed by atoms with E-state index in [2.05, 4.69) is 47.2 Å². The van der Waals surface area contributed by atoms with Crippen LogP contribution in [0.3, 0.4) is 0 Å². The summed E-state index contributed by atoms with van der Waals surface area (Å²) in [7, 11) is 1.27. The van der Waals surface area contributed by atoms with Crippen LogP contribution in [-0.2, 0) is 24.2 Å². The Morgan fingerprint density at radius 3 is 2.50 bits per heavy atom. The molecule has 0 heterocycles. The summed E-state index contributed by atoms with van der Waals surface area (Å²) in [5.74, 6) is 1.21. The van der Waals surface area contributed by atoms with Crippen molar-refractivity contribution in [3.8, 4) is 11.5 Å². The molecule has 0 radical (unpaired) electrons. The molecule has 26 heavy (non-hydrogen) atoms. The standard InChI is InChI=1S/C21H23BrO4/c1-5-14-11-16(7-3)20(12-15(14)6-2)25-13-17-18(22)9-8-10-19(17)26-21(23)24-4/h6,8-12H,2,5,7,13H2,1,3-4H3. The molecular formula is C21H23BrO4. The molecular weight excluding hydrogens is 396 g/mol. The van der Waals surface area contributed by atoms with E-state index in [-0.39, 0.29) is 6.61 Å². The molecule has 0 saturated carbocycles. The predicted octanol–water partition coefficient (Wildman–Crippen LogP) is 5.94. The number of hydrogen-bond acceptors (Lipinski definition) is 4. The number of rotatable bonds is 7. The third kappa shape index (κ3) is 4.67. The molecule has 0 unspecified atom stereocenters. The van der Waals surface area contributed by atoms with Crippen molar-refractivity contribution in [3.63, 3.8) is 0 Å². The topological polar surface area (TPSA) is 44.8 Å². The average molecular weight is 419 g/mol. The van der Waals surface area contributed by atoms with Crippen LogP contribution in [0.15, 0.2) is 41.4 Å². The Hall–Kier alpha value is -2.27. The van der Waals surface area contributed by atoms with Crippen LogP contribution in [0, 0.1) is 0 Å². The van der Waals surface area contributed by atoms with E-state index in [9.17, 15) is 4.79 Å². The lowest BCUT2D eigenvalue weighted by molar-refractivity contribution is 0.120. The van der Waals surface area contributed by atoms with Crippen molar-refractivity contribution in [2.24, 2.45) is 0 Å². The minimum absolute atomic E-state index is 0.253. The first-order valence-corrected chi connectivity index (χ1v) is 9.27. The second kappa shape index (κ2) is 9.43. The SMILES string of the molecule is C=Cc1cc(OCc2c(Br)cccc2OC(=O)OC)c(CC)cc1CC. The molecule has 4 nitrogen and oxygen atoms in total. The van der Waals surface area contributed by atoms with E-state index in [4.69, 9.17) is 9.47 Å².